The van der Waals surface area contributed by atoms with E-state index in [1.807, 2.05) is 0 Å². The first-order chi connectivity index (χ1) is 12.3. The Kier molecular flexibility index (Phi) is 3.79. The van der Waals surface area contributed by atoms with Gasteiger partial charge in [-0.15, -0.1) is 0 Å². The molecule has 0 N–H and O–H groups in total. The van der Waals surface area contributed by atoms with Gasteiger partial charge in [-0.2, -0.15) is 0 Å². The van der Waals surface area contributed by atoms with Gasteiger partial charge in [-0.1, -0.05) is 42.5 Å². The van der Waals surface area contributed by atoms with Crippen molar-refractivity contribution in [2.24, 2.45) is 5.92 Å². The molecule has 25 heavy (non-hydrogen) atoms. The maximum Gasteiger partial charge on any atom is 0.0702 e. The van der Waals surface area contributed by atoms with E-state index in [0.717, 1.165) is 18.0 Å². The molecular formula is C23H24N2. The van der Waals surface area contributed by atoms with Gasteiger partial charge >= 0.3 is 0 Å². The first-order valence-electron chi connectivity index (χ1n) is 9.50. The molecule has 1 aromatic heterocycles. The Bertz CT molecular complexity index is 901. The molecule has 0 amide bonds. The van der Waals surface area contributed by atoms with Gasteiger partial charge in [0.1, 0.15) is 0 Å². The summed E-state index contributed by atoms with van der Waals surface area (Å²) in [6, 6.07) is 20.5. The summed E-state index contributed by atoms with van der Waals surface area (Å²) in [6.45, 7) is 2.26. The highest BCUT2D eigenvalue weighted by Gasteiger charge is 2.31. The molecule has 0 spiro atoms. The largest absolute Gasteiger partial charge is 0.295 e. The smallest absolute Gasteiger partial charge is 0.0702 e. The first-order valence-corrected chi connectivity index (χ1v) is 9.50. The number of fused-ring (bicyclic) bond motifs is 3. The summed E-state index contributed by atoms with van der Waals surface area (Å²) in [5, 5.41) is 1.25. The van der Waals surface area contributed by atoms with Crippen LogP contribution in [0.15, 0.2) is 60.8 Å². The second-order valence-corrected chi connectivity index (χ2v) is 7.74. The summed E-state index contributed by atoms with van der Waals surface area (Å²) in [4.78, 5) is 7.38. The highest BCUT2D eigenvalue weighted by molar-refractivity contribution is 5.78. The van der Waals surface area contributed by atoms with Crippen molar-refractivity contribution in [2.45, 2.75) is 38.3 Å². The molecule has 3 aromatic rings. The Balaban J connectivity index is 1.42. The third kappa shape index (κ3) is 2.96. The summed E-state index contributed by atoms with van der Waals surface area (Å²) in [6.07, 6.45) is 7.23. The molecule has 0 radical (unpaired) electrons. The Morgan fingerprint density at radius 3 is 2.64 bits per heavy atom. The zero-order chi connectivity index (χ0) is 16.6. The minimum Gasteiger partial charge on any atom is -0.295 e. The summed E-state index contributed by atoms with van der Waals surface area (Å²) in [5.74, 6) is 0.797. The third-order valence-corrected chi connectivity index (χ3v) is 6.03. The zero-order valence-corrected chi connectivity index (χ0v) is 14.6. The molecule has 1 aliphatic carbocycles. The second-order valence-electron chi connectivity index (χ2n) is 7.74. The Labute approximate surface area is 149 Å². The lowest BCUT2D eigenvalue weighted by Gasteiger charge is -2.42. The Morgan fingerprint density at radius 2 is 1.72 bits per heavy atom. The van der Waals surface area contributed by atoms with E-state index < -0.39 is 0 Å². The van der Waals surface area contributed by atoms with Crippen molar-refractivity contribution in [3.63, 3.8) is 0 Å². The van der Waals surface area contributed by atoms with Crippen LogP contribution in [0.1, 0.15) is 29.5 Å². The van der Waals surface area contributed by atoms with Crippen molar-refractivity contribution in [3.8, 4) is 0 Å². The number of pyridine rings is 1. The molecule has 3 aliphatic rings. The normalized spacial score (nSPS) is 23.2. The van der Waals surface area contributed by atoms with Crippen LogP contribution in [0.4, 0.5) is 0 Å². The van der Waals surface area contributed by atoms with Crippen LogP contribution >= 0.6 is 0 Å². The van der Waals surface area contributed by atoms with Crippen molar-refractivity contribution >= 4 is 10.9 Å². The molecule has 2 atom stereocenters. The van der Waals surface area contributed by atoms with Crippen LogP contribution in [-0.4, -0.2) is 22.5 Å². The molecule has 2 aliphatic heterocycles. The van der Waals surface area contributed by atoms with E-state index >= 15 is 0 Å². The summed E-state index contributed by atoms with van der Waals surface area (Å²) in [5.41, 5.74) is 5.59. The Morgan fingerprint density at radius 1 is 0.920 bits per heavy atom. The van der Waals surface area contributed by atoms with Crippen molar-refractivity contribution in [1.29, 1.82) is 0 Å². The number of hydrogen-bond donors (Lipinski definition) is 0. The van der Waals surface area contributed by atoms with E-state index in [-0.39, 0.29) is 0 Å². The first kappa shape index (κ1) is 15.1. The molecule has 0 saturated carbocycles. The van der Waals surface area contributed by atoms with Crippen LogP contribution < -0.4 is 0 Å². The lowest BCUT2D eigenvalue weighted by molar-refractivity contribution is 0.0938. The van der Waals surface area contributed by atoms with Gasteiger partial charge in [0.2, 0.25) is 0 Å². The van der Waals surface area contributed by atoms with Crippen molar-refractivity contribution in [1.82, 2.24) is 9.88 Å². The molecular weight excluding hydrogens is 304 g/mol. The fraction of sp³-hybridized carbons (Fsp3) is 0.348. The highest BCUT2D eigenvalue weighted by Crippen LogP contribution is 2.33. The fourth-order valence-corrected chi connectivity index (χ4v) is 4.73. The lowest BCUT2D eigenvalue weighted by Crippen LogP contribution is -2.46. The molecule has 2 aromatic carbocycles. The molecule has 0 unspecified atom stereocenters. The molecule has 2 heteroatoms. The van der Waals surface area contributed by atoms with Gasteiger partial charge in [0.15, 0.2) is 0 Å². The SMILES string of the molecule is c1ccc2c(c1)C[C@H]1CC[C@@H](C2)N(Cc2cnc3ccccc3c2)C1. The van der Waals surface area contributed by atoms with E-state index in [0.29, 0.717) is 6.04 Å². The van der Waals surface area contributed by atoms with E-state index in [1.165, 1.54) is 43.2 Å². The average Bonchev–Trinajstić information content (AvgIpc) is 2.62. The predicted molar refractivity (Wildman–Crippen MR) is 103 cm³/mol. The monoisotopic (exact) mass is 328 g/mol. The topological polar surface area (TPSA) is 16.1 Å². The molecule has 3 heterocycles. The number of rotatable bonds is 2. The average molecular weight is 328 g/mol. The number of aromatic nitrogens is 1. The number of piperidine rings is 1. The lowest BCUT2D eigenvalue weighted by atomic mass is 9.80. The van der Waals surface area contributed by atoms with Crippen LogP contribution in [0.5, 0.6) is 0 Å². The van der Waals surface area contributed by atoms with E-state index in [9.17, 15) is 0 Å². The van der Waals surface area contributed by atoms with Crippen molar-refractivity contribution in [2.75, 3.05) is 6.54 Å². The molecule has 1 saturated heterocycles. The standard InChI is InChI=1S/C23H24N2/c1-2-6-20-13-22-10-9-17(11-19(20)5-1)15-25(22)16-18-12-21-7-3-4-8-23(21)24-14-18/h1-8,12,14,17,22H,9-11,13,15-16H2/t17-,22+/m1/s1. The van der Waals surface area contributed by atoms with Crippen molar-refractivity contribution < 1.29 is 0 Å². The van der Waals surface area contributed by atoms with Crippen LogP contribution in [0.2, 0.25) is 0 Å². The minimum atomic E-state index is 0.671. The second kappa shape index (κ2) is 6.27. The number of para-hydroxylation sites is 1. The summed E-state index contributed by atoms with van der Waals surface area (Å²) >= 11 is 0. The van der Waals surface area contributed by atoms with Gasteiger partial charge in [0.05, 0.1) is 5.52 Å². The zero-order valence-electron chi connectivity index (χ0n) is 14.6. The maximum atomic E-state index is 4.66. The van der Waals surface area contributed by atoms with E-state index in [2.05, 4.69) is 70.7 Å². The van der Waals surface area contributed by atoms with Gasteiger partial charge in [-0.25, -0.2) is 0 Å². The molecule has 126 valence electrons. The molecule has 2 bridgehead atoms. The number of nitrogens with zero attached hydrogens (tertiary/aromatic N) is 2. The molecule has 1 fully saturated rings. The number of hydrogen-bond acceptors (Lipinski definition) is 2. The quantitative estimate of drug-likeness (QED) is 0.683. The number of benzene rings is 2. The van der Waals surface area contributed by atoms with E-state index in [4.69, 9.17) is 0 Å². The predicted octanol–water partition coefficient (Wildman–Crippen LogP) is 4.61. The van der Waals surface area contributed by atoms with Gasteiger partial charge in [0.25, 0.3) is 0 Å². The van der Waals surface area contributed by atoms with Gasteiger partial charge < -0.3 is 0 Å². The summed E-state index contributed by atoms with van der Waals surface area (Å²) in [7, 11) is 0. The van der Waals surface area contributed by atoms with Gasteiger partial charge in [0, 0.05) is 30.7 Å². The fourth-order valence-electron chi connectivity index (χ4n) is 4.73. The van der Waals surface area contributed by atoms with Crippen LogP contribution in [0.25, 0.3) is 10.9 Å². The Hall–Kier alpha value is -2.19. The third-order valence-electron chi connectivity index (χ3n) is 6.03. The molecule has 2 nitrogen and oxygen atoms in total. The van der Waals surface area contributed by atoms with Crippen molar-refractivity contribution in [3.05, 3.63) is 77.5 Å². The molecule has 6 rings (SSSR count). The highest BCUT2D eigenvalue weighted by atomic mass is 15.2. The summed E-state index contributed by atoms with van der Waals surface area (Å²) < 4.78 is 0. The van der Waals surface area contributed by atoms with Crippen LogP contribution in [0, 0.1) is 5.92 Å². The van der Waals surface area contributed by atoms with Gasteiger partial charge in [-0.05, 0) is 60.4 Å². The minimum absolute atomic E-state index is 0.671. The van der Waals surface area contributed by atoms with Crippen LogP contribution in [0.3, 0.4) is 0 Å². The van der Waals surface area contributed by atoms with E-state index in [1.54, 1.807) is 11.1 Å². The van der Waals surface area contributed by atoms with Crippen LogP contribution in [-0.2, 0) is 19.4 Å². The van der Waals surface area contributed by atoms with Gasteiger partial charge in [-0.3, -0.25) is 9.88 Å². The maximum absolute atomic E-state index is 4.66.